The fourth-order valence-electron chi connectivity index (χ4n) is 2.37. The first kappa shape index (κ1) is 12.6. The van der Waals surface area contributed by atoms with Gasteiger partial charge in [-0.1, -0.05) is 30.7 Å². The summed E-state index contributed by atoms with van der Waals surface area (Å²) in [5.74, 6) is 0. The van der Waals surface area contributed by atoms with Gasteiger partial charge in [-0.3, -0.25) is 0 Å². The Labute approximate surface area is 104 Å². The Morgan fingerprint density at radius 1 is 1.35 bits per heavy atom. The molecule has 2 rings (SSSR count). The summed E-state index contributed by atoms with van der Waals surface area (Å²) in [5, 5.41) is 3.62. The Kier molecular flexibility index (Phi) is 3.55. The normalized spacial score (nSPS) is 19.8. The summed E-state index contributed by atoms with van der Waals surface area (Å²) in [6, 6.07) is 7.09. The topological polar surface area (TPSA) is 21.3 Å². The van der Waals surface area contributed by atoms with Crippen LogP contribution in [-0.2, 0) is 4.74 Å². The number of hydrogen-bond acceptors (Lipinski definition) is 2. The molecule has 1 aromatic rings. The van der Waals surface area contributed by atoms with Crippen LogP contribution < -0.4 is 5.32 Å². The lowest BCUT2D eigenvalue weighted by Crippen LogP contribution is -2.47. The number of ether oxygens (including phenoxy) is 1. The van der Waals surface area contributed by atoms with Crippen molar-refractivity contribution in [2.45, 2.75) is 33.7 Å². The van der Waals surface area contributed by atoms with E-state index in [0.717, 1.165) is 19.8 Å². The number of benzene rings is 1. The van der Waals surface area contributed by atoms with Crippen molar-refractivity contribution in [1.29, 1.82) is 0 Å². The summed E-state index contributed by atoms with van der Waals surface area (Å²) in [4.78, 5) is 0. The molecule has 1 N–H and O–H groups in total. The summed E-state index contributed by atoms with van der Waals surface area (Å²) < 4.78 is 5.28. The van der Waals surface area contributed by atoms with Gasteiger partial charge >= 0.3 is 0 Å². The molecule has 0 aromatic heterocycles. The van der Waals surface area contributed by atoms with Crippen molar-refractivity contribution in [2.75, 3.05) is 19.8 Å². The molecule has 2 heteroatoms. The Morgan fingerprint density at radius 3 is 2.59 bits per heavy atom. The monoisotopic (exact) mass is 233 g/mol. The number of nitrogens with one attached hydrogen (secondary N) is 1. The zero-order valence-corrected chi connectivity index (χ0v) is 11.3. The van der Waals surface area contributed by atoms with Crippen LogP contribution in [0.3, 0.4) is 0 Å². The molecule has 0 aliphatic carbocycles. The maximum absolute atomic E-state index is 5.28. The van der Waals surface area contributed by atoms with Gasteiger partial charge in [0.2, 0.25) is 0 Å². The lowest BCUT2D eigenvalue weighted by Gasteiger charge is -2.39. The lowest BCUT2D eigenvalue weighted by atomic mass is 9.88. The Balaban J connectivity index is 1.96. The van der Waals surface area contributed by atoms with Crippen molar-refractivity contribution in [1.82, 2.24) is 5.32 Å². The predicted molar refractivity (Wildman–Crippen MR) is 71.3 cm³/mol. The van der Waals surface area contributed by atoms with Crippen LogP contribution in [0.2, 0.25) is 0 Å². The molecule has 1 fully saturated rings. The molecular weight excluding hydrogens is 210 g/mol. The third-order valence-corrected chi connectivity index (χ3v) is 3.63. The summed E-state index contributed by atoms with van der Waals surface area (Å²) >= 11 is 0. The molecule has 1 saturated heterocycles. The zero-order chi connectivity index (χ0) is 12.5. The summed E-state index contributed by atoms with van der Waals surface area (Å²) in [6.45, 7) is 11.6. The van der Waals surface area contributed by atoms with Crippen molar-refractivity contribution in [2.24, 2.45) is 5.41 Å². The van der Waals surface area contributed by atoms with Crippen molar-refractivity contribution in [3.63, 3.8) is 0 Å². The minimum absolute atomic E-state index is 0.340. The van der Waals surface area contributed by atoms with E-state index in [1.165, 1.54) is 16.7 Å². The second kappa shape index (κ2) is 4.79. The van der Waals surface area contributed by atoms with Gasteiger partial charge in [0.1, 0.15) is 0 Å². The van der Waals surface area contributed by atoms with Gasteiger partial charge in [-0.05, 0) is 31.9 Å². The van der Waals surface area contributed by atoms with Gasteiger partial charge in [-0.25, -0.2) is 0 Å². The van der Waals surface area contributed by atoms with Crippen LogP contribution in [0.1, 0.15) is 36.6 Å². The van der Waals surface area contributed by atoms with Crippen LogP contribution in [-0.4, -0.2) is 19.8 Å². The SMILES string of the molecule is Cc1ccc(C(C)NCC2(C)COC2)c(C)c1. The van der Waals surface area contributed by atoms with Crippen LogP contribution in [0.15, 0.2) is 18.2 Å². The van der Waals surface area contributed by atoms with Crippen molar-refractivity contribution < 1.29 is 4.74 Å². The average molecular weight is 233 g/mol. The van der Waals surface area contributed by atoms with Gasteiger partial charge in [0, 0.05) is 18.0 Å². The molecule has 1 aliphatic rings. The minimum atomic E-state index is 0.340. The molecule has 1 unspecified atom stereocenters. The highest BCUT2D eigenvalue weighted by Crippen LogP contribution is 2.27. The first-order valence-electron chi connectivity index (χ1n) is 6.38. The lowest BCUT2D eigenvalue weighted by molar-refractivity contribution is -0.0999. The van der Waals surface area contributed by atoms with Gasteiger partial charge in [-0.15, -0.1) is 0 Å². The molecule has 2 nitrogen and oxygen atoms in total. The van der Waals surface area contributed by atoms with E-state index in [1.54, 1.807) is 0 Å². The van der Waals surface area contributed by atoms with E-state index in [-0.39, 0.29) is 0 Å². The van der Waals surface area contributed by atoms with Gasteiger partial charge < -0.3 is 10.1 Å². The molecule has 1 atom stereocenters. The van der Waals surface area contributed by atoms with E-state index in [9.17, 15) is 0 Å². The Bertz CT molecular complexity index is 396. The molecule has 1 aliphatic heterocycles. The van der Waals surface area contributed by atoms with Gasteiger partial charge in [-0.2, -0.15) is 0 Å². The highest BCUT2D eigenvalue weighted by atomic mass is 16.5. The van der Waals surface area contributed by atoms with Crippen LogP contribution in [0, 0.1) is 19.3 Å². The fraction of sp³-hybridized carbons (Fsp3) is 0.600. The van der Waals surface area contributed by atoms with E-state index < -0.39 is 0 Å². The molecule has 0 saturated carbocycles. The van der Waals surface area contributed by atoms with Crippen LogP contribution in [0.4, 0.5) is 0 Å². The largest absolute Gasteiger partial charge is 0.380 e. The second-order valence-electron chi connectivity index (χ2n) is 5.77. The molecule has 0 radical (unpaired) electrons. The molecule has 94 valence electrons. The molecule has 0 spiro atoms. The molecule has 1 heterocycles. The smallest absolute Gasteiger partial charge is 0.0554 e. The third-order valence-electron chi connectivity index (χ3n) is 3.63. The highest BCUT2D eigenvalue weighted by molar-refractivity contribution is 5.32. The molecule has 0 amide bonds. The van der Waals surface area contributed by atoms with Gasteiger partial charge in [0.05, 0.1) is 13.2 Å². The van der Waals surface area contributed by atoms with E-state index in [0.29, 0.717) is 11.5 Å². The zero-order valence-electron chi connectivity index (χ0n) is 11.3. The third kappa shape index (κ3) is 2.88. The Hall–Kier alpha value is -0.860. The van der Waals surface area contributed by atoms with Crippen LogP contribution in [0.25, 0.3) is 0 Å². The minimum Gasteiger partial charge on any atom is -0.380 e. The van der Waals surface area contributed by atoms with E-state index >= 15 is 0 Å². The van der Waals surface area contributed by atoms with E-state index in [1.807, 2.05) is 0 Å². The van der Waals surface area contributed by atoms with Crippen LogP contribution in [0.5, 0.6) is 0 Å². The summed E-state index contributed by atoms with van der Waals surface area (Å²) in [6.07, 6.45) is 0. The first-order chi connectivity index (χ1) is 8.00. The molecule has 0 bridgehead atoms. The number of hydrogen-bond donors (Lipinski definition) is 1. The quantitative estimate of drug-likeness (QED) is 0.863. The number of rotatable bonds is 4. The van der Waals surface area contributed by atoms with Gasteiger partial charge in [0.25, 0.3) is 0 Å². The maximum Gasteiger partial charge on any atom is 0.0554 e. The Morgan fingerprint density at radius 2 is 2.06 bits per heavy atom. The standard InChI is InChI=1S/C15H23NO/c1-11-5-6-14(12(2)7-11)13(3)16-8-15(4)9-17-10-15/h5-7,13,16H,8-10H2,1-4H3. The fourth-order valence-corrected chi connectivity index (χ4v) is 2.37. The van der Waals surface area contributed by atoms with E-state index in [2.05, 4.69) is 51.2 Å². The number of aryl methyl sites for hydroxylation is 2. The molecule has 17 heavy (non-hydrogen) atoms. The van der Waals surface area contributed by atoms with Crippen LogP contribution >= 0.6 is 0 Å². The van der Waals surface area contributed by atoms with Crippen molar-refractivity contribution >= 4 is 0 Å². The van der Waals surface area contributed by atoms with Gasteiger partial charge in [0.15, 0.2) is 0 Å². The first-order valence-corrected chi connectivity index (χ1v) is 6.38. The highest BCUT2D eigenvalue weighted by Gasteiger charge is 2.33. The van der Waals surface area contributed by atoms with Crippen molar-refractivity contribution in [3.05, 3.63) is 34.9 Å². The maximum atomic E-state index is 5.28. The summed E-state index contributed by atoms with van der Waals surface area (Å²) in [5.41, 5.74) is 4.45. The summed E-state index contributed by atoms with van der Waals surface area (Å²) in [7, 11) is 0. The van der Waals surface area contributed by atoms with E-state index in [4.69, 9.17) is 4.74 Å². The average Bonchev–Trinajstić information content (AvgIpc) is 2.23. The second-order valence-corrected chi connectivity index (χ2v) is 5.77. The molecular formula is C15H23NO. The predicted octanol–water partition coefficient (Wildman–Crippen LogP) is 2.99. The van der Waals surface area contributed by atoms with Crippen molar-refractivity contribution in [3.8, 4) is 0 Å². The molecule has 1 aromatic carbocycles.